The molecule has 26 heavy (non-hydrogen) atoms. The lowest BCUT2D eigenvalue weighted by atomic mass is 10.1. The van der Waals surface area contributed by atoms with E-state index in [-0.39, 0.29) is 5.91 Å². The first-order chi connectivity index (χ1) is 12.6. The summed E-state index contributed by atoms with van der Waals surface area (Å²) in [5, 5.41) is 6.30. The second-order valence-corrected chi connectivity index (χ2v) is 6.62. The first kappa shape index (κ1) is 18.4. The van der Waals surface area contributed by atoms with E-state index in [1.54, 1.807) is 12.4 Å². The molecular formula is C20H26N4O2. The van der Waals surface area contributed by atoms with Crippen LogP contribution in [0, 0.1) is 13.8 Å². The lowest BCUT2D eigenvalue weighted by molar-refractivity contribution is 0.0398. The number of carbonyl (C=O) groups is 1. The van der Waals surface area contributed by atoms with E-state index in [9.17, 15) is 4.79 Å². The van der Waals surface area contributed by atoms with Gasteiger partial charge in [0.1, 0.15) is 0 Å². The average Bonchev–Trinajstić information content (AvgIpc) is 2.65. The number of hydrogen-bond acceptors (Lipinski definition) is 5. The summed E-state index contributed by atoms with van der Waals surface area (Å²) in [6.07, 6.45) is 3.33. The molecule has 1 fully saturated rings. The number of ether oxygens (including phenoxy) is 1. The highest BCUT2D eigenvalue weighted by molar-refractivity contribution is 6.04. The summed E-state index contributed by atoms with van der Waals surface area (Å²) in [4.78, 5) is 19.1. The first-order valence-corrected chi connectivity index (χ1v) is 8.99. The van der Waals surface area contributed by atoms with E-state index in [4.69, 9.17) is 4.74 Å². The van der Waals surface area contributed by atoms with Crippen LogP contribution in [-0.4, -0.2) is 55.2 Å². The van der Waals surface area contributed by atoms with Gasteiger partial charge in [-0.05, 0) is 31.5 Å². The van der Waals surface area contributed by atoms with Crippen molar-refractivity contribution in [2.45, 2.75) is 13.8 Å². The van der Waals surface area contributed by atoms with Crippen LogP contribution in [0.1, 0.15) is 21.5 Å². The van der Waals surface area contributed by atoms with Crippen molar-refractivity contribution in [2.24, 2.45) is 0 Å². The molecule has 138 valence electrons. The summed E-state index contributed by atoms with van der Waals surface area (Å²) in [5.41, 5.74) is 4.44. The van der Waals surface area contributed by atoms with Gasteiger partial charge in [-0.25, -0.2) is 0 Å². The van der Waals surface area contributed by atoms with Gasteiger partial charge in [-0.1, -0.05) is 17.7 Å². The number of aromatic nitrogens is 1. The molecule has 1 aliphatic heterocycles. The fourth-order valence-corrected chi connectivity index (χ4v) is 2.99. The number of carbonyl (C=O) groups excluding carboxylic acids is 1. The summed E-state index contributed by atoms with van der Waals surface area (Å²) in [5.74, 6) is -0.152. The van der Waals surface area contributed by atoms with Crippen LogP contribution in [0.15, 0.2) is 36.7 Å². The summed E-state index contributed by atoms with van der Waals surface area (Å²) in [6, 6.07) is 7.81. The van der Waals surface area contributed by atoms with E-state index in [2.05, 4.69) is 26.6 Å². The predicted octanol–water partition coefficient (Wildman–Crippen LogP) is 2.69. The Morgan fingerprint density at radius 3 is 2.77 bits per heavy atom. The van der Waals surface area contributed by atoms with Gasteiger partial charge in [0.25, 0.3) is 5.91 Å². The fraction of sp³-hybridized carbons (Fsp3) is 0.400. The minimum Gasteiger partial charge on any atom is -0.382 e. The van der Waals surface area contributed by atoms with Crippen molar-refractivity contribution in [1.29, 1.82) is 0 Å². The van der Waals surface area contributed by atoms with E-state index in [1.165, 1.54) is 5.56 Å². The number of morpholine rings is 1. The van der Waals surface area contributed by atoms with E-state index in [0.29, 0.717) is 5.56 Å². The normalized spacial score (nSPS) is 14.8. The van der Waals surface area contributed by atoms with Gasteiger partial charge < -0.3 is 15.4 Å². The Kier molecular flexibility index (Phi) is 6.20. The molecule has 0 spiro atoms. The minimum atomic E-state index is -0.152. The third kappa shape index (κ3) is 5.03. The van der Waals surface area contributed by atoms with E-state index < -0.39 is 0 Å². The third-order valence-electron chi connectivity index (χ3n) is 4.49. The number of rotatable bonds is 6. The van der Waals surface area contributed by atoms with Crippen LogP contribution in [0.5, 0.6) is 0 Å². The zero-order chi connectivity index (χ0) is 18.4. The molecule has 1 saturated heterocycles. The quantitative estimate of drug-likeness (QED) is 0.835. The topological polar surface area (TPSA) is 66.5 Å². The molecule has 0 saturated carbocycles. The van der Waals surface area contributed by atoms with E-state index in [0.717, 1.165) is 56.3 Å². The van der Waals surface area contributed by atoms with Crippen molar-refractivity contribution >= 4 is 17.3 Å². The summed E-state index contributed by atoms with van der Waals surface area (Å²) in [6.45, 7) is 9.33. The number of nitrogens with zero attached hydrogens (tertiary/aromatic N) is 2. The average molecular weight is 354 g/mol. The van der Waals surface area contributed by atoms with Crippen LogP contribution in [0.3, 0.4) is 0 Å². The number of amides is 1. The summed E-state index contributed by atoms with van der Waals surface area (Å²) in [7, 11) is 0. The highest BCUT2D eigenvalue weighted by Crippen LogP contribution is 2.17. The Morgan fingerprint density at radius 2 is 2.00 bits per heavy atom. The largest absolute Gasteiger partial charge is 0.382 e. The molecule has 2 aromatic rings. The number of hydrogen-bond donors (Lipinski definition) is 2. The molecule has 6 nitrogen and oxygen atoms in total. The molecule has 0 radical (unpaired) electrons. The van der Waals surface area contributed by atoms with Gasteiger partial charge in [0.2, 0.25) is 0 Å². The lowest BCUT2D eigenvalue weighted by Gasteiger charge is -2.26. The highest BCUT2D eigenvalue weighted by Gasteiger charge is 2.11. The van der Waals surface area contributed by atoms with Crippen LogP contribution >= 0.6 is 0 Å². The van der Waals surface area contributed by atoms with Gasteiger partial charge in [-0.3, -0.25) is 14.7 Å². The number of anilines is 2. The van der Waals surface area contributed by atoms with Crippen molar-refractivity contribution in [3.05, 3.63) is 53.3 Å². The number of nitrogens with one attached hydrogen (secondary N) is 2. The smallest absolute Gasteiger partial charge is 0.257 e. The molecular weight excluding hydrogens is 328 g/mol. The van der Waals surface area contributed by atoms with Crippen molar-refractivity contribution in [3.8, 4) is 0 Å². The number of aryl methyl sites for hydroxylation is 2. The van der Waals surface area contributed by atoms with Crippen molar-refractivity contribution in [3.63, 3.8) is 0 Å². The van der Waals surface area contributed by atoms with Crippen molar-refractivity contribution in [1.82, 2.24) is 9.88 Å². The summed E-state index contributed by atoms with van der Waals surface area (Å²) < 4.78 is 5.35. The Morgan fingerprint density at radius 1 is 1.19 bits per heavy atom. The molecule has 2 N–H and O–H groups in total. The van der Waals surface area contributed by atoms with Gasteiger partial charge in [-0.2, -0.15) is 0 Å². The van der Waals surface area contributed by atoms with Crippen LogP contribution in [-0.2, 0) is 4.74 Å². The predicted molar refractivity (Wildman–Crippen MR) is 104 cm³/mol. The van der Waals surface area contributed by atoms with Crippen molar-refractivity contribution in [2.75, 3.05) is 50.0 Å². The lowest BCUT2D eigenvalue weighted by Crippen LogP contribution is -2.39. The standard InChI is InChI=1S/C20H26N4O2/c1-15-3-4-19(16(2)11-15)23-20(25)17-12-18(14-21-13-17)22-5-6-24-7-9-26-10-8-24/h3-4,11-14,22H,5-10H2,1-2H3,(H,23,25). The Balaban J connectivity index is 1.56. The monoisotopic (exact) mass is 354 g/mol. The SMILES string of the molecule is Cc1ccc(NC(=O)c2cncc(NCCN3CCOCC3)c2)c(C)c1. The maximum atomic E-state index is 12.5. The molecule has 1 aliphatic rings. The second kappa shape index (κ2) is 8.78. The third-order valence-corrected chi connectivity index (χ3v) is 4.49. The highest BCUT2D eigenvalue weighted by atomic mass is 16.5. The summed E-state index contributed by atoms with van der Waals surface area (Å²) >= 11 is 0. The zero-order valence-electron chi connectivity index (χ0n) is 15.4. The number of benzene rings is 1. The second-order valence-electron chi connectivity index (χ2n) is 6.62. The van der Waals surface area contributed by atoms with Gasteiger partial charge >= 0.3 is 0 Å². The number of pyridine rings is 1. The van der Waals surface area contributed by atoms with E-state index in [1.807, 2.05) is 32.0 Å². The molecule has 6 heteroatoms. The van der Waals surface area contributed by atoms with Gasteiger partial charge in [-0.15, -0.1) is 0 Å². The zero-order valence-corrected chi connectivity index (χ0v) is 15.4. The Bertz CT molecular complexity index is 757. The van der Waals surface area contributed by atoms with Crippen LogP contribution < -0.4 is 10.6 Å². The molecule has 0 bridgehead atoms. The van der Waals surface area contributed by atoms with E-state index >= 15 is 0 Å². The Hall–Kier alpha value is -2.44. The van der Waals surface area contributed by atoms with Gasteiger partial charge in [0.05, 0.1) is 24.5 Å². The van der Waals surface area contributed by atoms with Crippen LogP contribution in [0.4, 0.5) is 11.4 Å². The van der Waals surface area contributed by atoms with Gasteiger partial charge in [0, 0.05) is 44.3 Å². The maximum absolute atomic E-state index is 12.5. The van der Waals surface area contributed by atoms with Gasteiger partial charge in [0.15, 0.2) is 0 Å². The molecule has 1 aromatic heterocycles. The van der Waals surface area contributed by atoms with Crippen molar-refractivity contribution < 1.29 is 9.53 Å². The molecule has 3 rings (SSSR count). The first-order valence-electron chi connectivity index (χ1n) is 8.99. The fourth-order valence-electron chi connectivity index (χ4n) is 2.99. The van der Waals surface area contributed by atoms with Crippen LogP contribution in [0.2, 0.25) is 0 Å². The van der Waals surface area contributed by atoms with Crippen LogP contribution in [0.25, 0.3) is 0 Å². The molecule has 0 atom stereocenters. The molecule has 0 unspecified atom stereocenters. The minimum absolute atomic E-state index is 0.152. The molecule has 1 aromatic carbocycles. The molecule has 0 aliphatic carbocycles. The maximum Gasteiger partial charge on any atom is 0.257 e. The molecule has 1 amide bonds. The Labute approximate surface area is 154 Å². The molecule has 2 heterocycles.